The highest BCUT2D eigenvalue weighted by atomic mass is 16.3. The molecule has 0 aliphatic carbocycles. The molecule has 78 valence electrons. The lowest BCUT2D eigenvalue weighted by atomic mass is 10.00. The van der Waals surface area contributed by atoms with Crippen LogP contribution in [0.3, 0.4) is 0 Å². The van der Waals surface area contributed by atoms with Gasteiger partial charge in [0.15, 0.2) is 0 Å². The van der Waals surface area contributed by atoms with E-state index in [1.165, 1.54) is 0 Å². The van der Waals surface area contributed by atoms with Crippen molar-refractivity contribution < 1.29 is 5.11 Å². The molecule has 1 rings (SSSR count). The maximum absolute atomic E-state index is 9.61. The molecule has 0 aromatic heterocycles. The smallest absolute Gasteiger partial charge is 0.120 e. The molecule has 0 unspecified atom stereocenters. The van der Waals surface area contributed by atoms with Crippen LogP contribution >= 0.6 is 0 Å². The van der Waals surface area contributed by atoms with Crippen molar-refractivity contribution in [2.24, 2.45) is 11.5 Å². The van der Waals surface area contributed by atoms with Crippen molar-refractivity contribution >= 4 is 0 Å². The molecule has 0 amide bonds. The summed E-state index contributed by atoms with van der Waals surface area (Å²) in [6.07, 6.45) is 1.88. The molecule has 1 aromatic carbocycles. The molecular formula is C11H18N2O. The average molecular weight is 194 g/mol. The number of nitrogens with two attached hydrogens (primary N) is 2. The maximum atomic E-state index is 9.61. The fourth-order valence-electron chi connectivity index (χ4n) is 1.49. The number of phenolic OH excluding ortho intramolecular Hbond substituents is 1. The van der Waals surface area contributed by atoms with Crippen molar-refractivity contribution in [3.05, 3.63) is 29.3 Å². The molecule has 0 fully saturated rings. The molecule has 0 radical (unpaired) electrons. The average Bonchev–Trinajstić information content (AvgIpc) is 2.19. The molecule has 0 saturated heterocycles. The summed E-state index contributed by atoms with van der Waals surface area (Å²) >= 11 is 0. The third kappa shape index (κ3) is 2.47. The van der Waals surface area contributed by atoms with Crippen molar-refractivity contribution in [3.8, 4) is 5.75 Å². The zero-order valence-electron chi connectivity index (χ0n) is 8.53. The van der Waals surface area contributed by atoms with Gasteiger partial charge in [0.1, 0.15) is 5.75 Å². The first-order valence-electron chi connectivity index (χ1n) is 4.96. The summed E-state index contributed by atoms with van der Waals surface area (Å²) in [7, 11) is 0. The molecular weight excluding hydrogens is 176 g/mol. The fourth-order valence-corrected chi connectivity index (χ4v) is 1.49. The molecule has 0 saturated carbocycles. The molecule has 3 heteroatoms. The Morgan fingerprint density at radius 1 is 1.43 bits per heavy atom. The van der Waals surface area contributed by atoms with Crippen LogP contribution in [0.25, 0.3) is 0 Å². The molecule has 0 spiro atoms. The normalized spacial score (nSPS) is 12.8. The number of aromatic hydroxyl groups is 1. The highest BCUT2D eigenvalue weighted by molar-refractivity contribution is 5.38. The number of rotatable bonds is 4. The lowest BCUT2D eigenvalue weighted by molar-refractivity contribution is 0.457. The lowest BCUT2D eigenvalue weighted by Gasteiger charge is -2.13. The minimum atomic E-state index is -0.0912. The third-order valence-corrected chi connectivity index (χ3v) is 2.33. The first-order valence-corrected chi connectivity index (χ1v) is 4.96. The van der Waals surface area contributed by atoms with Gasteiger partial charge >= 0.3 is 0 Å². The Hall–Kier alpha value is -1.06. The fraction of sp³-hybridized carbons (Fsp3) is 0.455. The Morgan fingerprint density at radius 3 is 2.71 bits per heavy atom. The summed E-state index contributed by atoms with van der Waals surface area (Å²) in [5, 5.41) is 9.61. The van der Waals surface area contributed by atoms with Gasteiger partial charge in [-0.2, -0.15) is 0 Å². The van der Waals surface area contributed by atoms with Crippen LogP contribution in [0, 0.1) is 0 Å². The second kappa shape index (κ2) is 4.98. The predicted octanol–water partition coefficient (Wildman–Crippen LogP) is 1.65. The zero-order chi connectivity index (χ0) is 10.6. The summed E-state index contributed by atoms with van der Waals surface area (Å²) in [4.78, 5) is 0. The summed E-state index contributed by atoms with van der Waals surface area (Å²) in [5.74, 6) is 0.267. The van der Waals surface area contributed by atoms with Crippen molar-refractivity contribution in [3.63, 3.8) is 0 Å². The minimum absolute atomic E-state index is 0.0912. The van der Waals surface area contributed by atoms with E-state index in [0.717, 1.165) is 24.0 Å². The van der Waals surface area contributed by atoms with Gasteiger partial charge in [-0.15, -0.1) is 0 Å². The van der Waals surface area contributed by atoms with Crippen molar-refractivity contribution in [2.45, 2.75) is 32.4 Å². The van der Waals surface area contributed by atoms with Crippen LogP contribution in [0.4, 0.5) is 0 Å². The molecule has 0 aliphatic heterocycles. The van der Waals surface area contributed by atoms with Gasteiger partial charge in [0.05, 0.1) is 0 Å². The van der Waals surface area contributed by atoms with Gasteiger partial charge in [-0.1, -0.05) is 19.4 Å². The predicted molar refractivity (Wildman–Crippen MR) is 57.8 cm³/mol. The maximum Gasteiger partial charge on any atom is 0.120 e. The minimum Gasteiger partial charge on any atom is -0.508 e. The molecule has 0 aliphatic rings. The summed E-state index contributed by atoms with van der Waals surface area (Å²) in [5.41, 5.74) is 13.3. The Labute approximate surface area is 84.7 Å². The molecule has 5 N–H and O–H groups in total. The van der Waals surface area contributed by atoms with Gasteiger partial charge in [0, 0.05) is 18.2 Å². The summed E-state index contributed by atoms with van der Waals surface area (Å²) in [6.45, 7) is 2.55. The van der Waals surface area contributed by atoms with E-state index in [-0.39, 0.29) is 11.8 Å². The van der Waals surface area contributed by atoms with Crippen LogP contribution in [-0.4, -0.2) is 5.11 Å². The van der Waals surface area contributed by atoms with E-state index in [1.807, 2.05) is 12.1 Å². The van der Waals surface area contributed by atoms with E-state index < -0.39 is 0 Å². The van der Waals surface area contributed by atoms with Gasteiger partial charge in [0.25, 0.3) is 0 Å². The van der Waals surface area contributed by atoms with E-state index in [0.29, 0.717) is 6.54 Å². The Morgan fingerprint density at radius 2 is 2.14 bits per heavy atom. The molecule has 0 bridgehead atoms. The Balaban J connectivity index is 2.93. The first kappa shape index (κ1) is 11.0. The van der Waals surface area contributed by atoms with Gasteiger partial charge < -0.3 is 16.6 Å². The summed E-state index contributed by atoms with van der Waals surface area (Å²) in [6, 6.07) is 5.27. The van der Waals surface area contributed by atoms with Gasteiger partial charge in [0.2, 0.25) is 0 Å². The number of hydrogen-bond acceptors (Lipinski definition) is 3. The monoisotopic (exact) mass is 194 g/mol. The number of hydrogen-bond donors (Lipinski definition) is 3. The van der Waals surface area contributed by atoms with Crippen LogP contribution < -0.4 is 11.5 Å². The summed E-state index contributed by atoms with van der Waals surface area (Å²) < 4.78 is 0. The van der Waals surface area contributed by atoms with Crippen LogP contribution in [0.5, 0.6) is 5.75 Å². The van der Waals surface area contributed by atoms with Crippen LogP contribution in [0.1, 0.15) is 36.9 Å². The second-order valence-electron chi connectivity index (χ2n) is 3.49. The van der Waals surface area contributed by atoms with Crippen molar-refractivity contribution in [2.75, 3.05) is 0 Å². The van der Waals surface area contributed by atoms with Gasteiger partial charge in [-0.25, -0.2) is 0 Å². The van der Waals surface area contributed by atoms with E-state index in [1.54, 1.807) is 6.07 Å². The Bertz CT molecular complexity index is 299. The van der Waals surface area contributed by atoms with Crippen molar-refractivity contribution in [1.29, 1.82) is 0 Å². The van der Waals surface area contributed by atoms with E-state index >= 15 is 0 Å². The molecule has 1 aromatic rings. The van der Waals surface area contributed by atoms with E-state index in [4.69, 9.17) is 11.5 Å². The SMILES string of the molecule is CCC[C@@H](N)c1cc(CN)ccc1O. The van der Waals surface area contributed by atoms with E-state index in [2.05, 4.69) is 6.92 Å². The molecule has 3 nitrogen and oxygen atoms in total. The second-order valence-corrected chi connectivity index (χ2v) is 3.49. The first-order chi connectivity index (χ1) is 6.69. The lowest BCUT2D eigenvalue weighted by Crippen LogP contribution is -2.10. The van der Waals surface area contributed by atoms with Gasteiger partial charge in [-0.05, 0) is 24.1 Å². The highest BCUT2D eigenvalue weighted by Gasteiger charge is 2.10. The Kier molecular flexibility index (Phi) is 3.92. The number of phenols is 1. The van der Waals surface area contributed by atoms with Gasteiger partial charge in [-0.3, -0.25) is 0 Å². The van der Waals surface area contributed by atoms with Crippen molar-refractivity contribution in [1.82, 2.24) is 0 Å². The topological polar surface area (TPSA) is 72.3 Å². The standard InChI is InChI=1S/C11H18N2O/c1-2-3-10(13)9-6-8(7-12)4-5-11(9)14/h4-6,10,14H,2-3,7,12-13H2,1H3/t10-/m1/s1. The molecule has 14 heavy (non-hydrogen) atoms. The van der Waals surface area contributed by atoms with Crippen LogP contribution in [-0.2, 0) is 6.54 Å². The zero-order valence-corrected chi connectivity index (χ0v) is 8.53. The molecule has 0 heterocycles. The highest BCUT2D eigenvalue weighted by Crippen LogP contribution is 2.26. The molecule has 1 atom stereocenters. The van der Waals surface area contributed by atoms with Crippen LogP contribution in [0.15, 0.2) is 18.2 Å². The number of benzene rings is 1. The third-order valence-electron chi connectivity index (χ3n) is 2.33. The van der Waals surface area contributed by atoms with Crippen LogP contribution in [0.2, 0.25) is 0 Å². The van der Waals surface area contributed by atoms with E-state index in [9.17, 15) is 5.11 Å². The quantitative estimate of drug-likeness (QED) is 0.682. The largest absolute Gasteiger partial charge is 0.508 e.